The monoisotopic (exact) mass is 431 g/mol. The zero-order valence-corrected chi connectivity index (χ0v) is 18.8. The third-order valence-electron chi connectivity index (χ3n) is 6.00. The third kappa shape index (κ3) is 4.72. The number of nitrogens with one attached hydrogen (secondary N) is 1. The summed E-state index contributed by atoms with van der Waals surface area (Å²) in [6, 6.07) is 16.3. The number of carbonyl (C=O) groups excluding carboxylic acids is 2. The van der Waals surface area contributed by atoms with Gasteiger partial charge in [-0.3, -0.25) is 9.59 Å². The summed E-state index contributed by atoms with van der Waals surface area (Å²) in [5.74, 6) is -0.0416. The van der Waals surface area contributed by atoms with Crippen molar-refractivity contribution in [3.63, 3.8) is 0 Å². The second-order valence-corrected chi connectivity index (χ2v) is 8.50. The number of aromatic nitrogens is 3. The van der Waals surface area contributed by atoms with E-state index >= 15 is 0 Å². The Balaban J connectivity index is 1.35. The van der Waals surface area contributed by atoms with E-state index in [1.54, 1.807) is 4.68 Å². The number of benzene rings is 2. The standard InChI is InChI=1S/C25H29N5O2/c1-4-19-8-10-22(11-9-19)30-18(3)24(27-28-30)25(32)26-14-21-13-23(31)29(16-21)15-20-7-5-6-17(2)12-20/h5-12,21H,4,13-16H2,1-3H3,(H,26,32). The van der Waals surface area contributed by atoms with E-state index in [4.69, 9.17) is 0 Å². The molecule has 3 aromatic rings. The molecule has 2 amide bonds. The van der Waals surface area contributed by atoms with Gasteiger partial charge in [0, 0.05) is 32.0 Å². The van der Waals surface area contributed by atoms with Gasteiger partial charge in [-0.1, -0.05) is 54.1 Å². The first kappa shape index (κ1) is 21.7. The highest BCUT2D eigenvalue weighted by molar-refractivity contribution is 5.93. The molecule has 0 aliphatic carbocycles. The van der Waals surface area contributed by atoms with Crippen LogP contribution in [0.15, 0.2) is 48.5 Å². The summed E-state index contributed by atoms with van der Waals surface area (Å²) < 4.78 is 1.68. The second-order valence-electron chi connectivity index (χ2n) is 8.50. The summed E-state index contributed by atoms with van der Waals surface area (Å²) in [5, 5.41) is 11.2. The Morgan fingerprint density at radius 3 is 2.62 bits per heavy atom. The minimum Gasteiger partial charge on any atom is -0.350 e. The molecule has 1 atom stereocenters. The molecule has 1 unspecified atom stereocenters. The number of amides is 2. The lowest BCUT2D eigenvalue weighted by Crippen LogP contribution is -2.31. The number of likely N-dealkylation sites (tertiary alicyclic amines) is 1. The van der Waals surface area contributed by atoms with Crippen LogP contribution in [0.2, 0.25) is 0 Å². The Hall–Kier alpha value is -3.48. The second kappa shape index (κ2) is 9.34. The van der Waals surface area contributed by atoms with Crippen LogP contribution in [0.4, 0.5) is 0 Å². The molecule has 166 valence electrons. The van der Waals surface area contributed by atoms with Crippen molar-refractivity contribution in [3.8, 4) is 5.69 Å². The Morgan fingerprint density at radius 2 is 1.91 bits per heavy atom. The Kier molecular flexibility index (Phi) is 6.35. The topological polar surface area (TPSA) is 80.1 Å². The number of aryl methyl sites for hydroxylation is 2. The van der Waals surface area contributed by atoms with Crippen LogP contribution in [0.1, 0.15) is 46.2 Å². The van der Waals surface area contributed by atoms with Crippen LogP contribution in [0.3, 0.4) is 0 Å². The summed E-state index contributed by atoms with van der Waals surface area (Å²) in [4.78, 5) is 27.0. The molecular weight excluding hydrogens is 402 g/mol. The van der Waals surface area contributed by atoms with Crippen molar-refractivity contribution in [1.82, 2.24) is 25.2 Å². The Morgan fingerprint density at radius 1 is 1.12 bits per heavy atom. The molecule has 1 N–H and O–H groups in total. The Bertz CT molecular complexity index is 1120. The van der Waals surface area contributed by atoms with E-state index in [2.05, 4.69) is 40.8 Å². The van der Waals surface area contributed by atoms with Crippen molar-refractivity contribution < 1.29 is 9.59 Å². The van der Waals surface area contributed by atoms with Gasteiger partial charge in [0.15, 0.2) is 5.69 Å². The van der Waals surface area contributed by atoms with Crippen molar-refractivity contribution in [2.24, 2.45) is 5.92 Å². The van der Waals surface area contributed by atoms with E-state index in [0.29, 0.717) is 37.4 Å². The van der Waals surface area contributed by atoms with Crippen LogP contribution >= 0.6 is 0 Å². The van der Waals surface area contributed by atoms with Gasteiger partial charge in [-0.05, 0) is 43.5 Å². The van der Waals surface area contributed by atoms with Crippen LogP contribution in [0.5, 0.6) is 0 Å². The van der Waals surface area contributed by atoms with E-state index in [0.717, 1.165) is 17.7 Å². The van der Waals surface area contributed by atoms with Crippen LogP contribution in [0, 0.1) is 19.8 Å². The Labute approximate surface area is 188 Å². The first-order chi connectivity index (χ1) is 15.4. The van der Waals surface area contributed by atoms with Crippen LogP contribution < -0.4 is 5.32 Å². The van der Waals surface area contributed by atoms with Gasteiger partial charge in [-0.15, -0.1) is 5.10 Å². The van der Waals surface area contributed by atoms with E-state index < -0.39 is 0 Å². The van der Waals surface area contributed by atoms with E-state index in [1.165, 1.54) is 11.1 Å². The van der Waals surface area contributed by atoms with E-state index in [1.807, 2.05) is 49.1 Å². The molecule has 1 aliphatic heterocycles. The van der Waals surface area contributed by atoms with Crippen molar-refractivity contribution in [1.29, 1.82) is 0 Å². The zero-order chi connectivity index (χ0) is 22.7. The number of hydrogen-bond acceptors (Lipinski definition) is 4. The molecule has 2 heterocycles. The highest BCUT2D eigenvalue weighted by Gasteiger charge is 2.30. The van der Waals surface area contributed by atoms with Gasteiger partial charge >= 0.3 is 0 Å². The van der Waals surface area contributed by atoms with Gasteiger partial charge in [-0.25, -0.2) is 4.68 Å². The highest BCUT2D eigenvalue weighted by atomic mass is 16.2. The summed E-state index contributed by atoms with van der Waals surface area (Å²) in [7, 11) is 0. The average molecular weight is 432 g/mol. The molecule has 0 bridgehead atoms. The van der Waals surface area contributed by atoms with Gasteiger partial charge in [0.25, 0.3) is 5.91 Å². The molecule has 1 saturated heterocycles. The maximum atomic E-state index is 12.7. The van der Waals surface area contributed by atoms with Crippen LogP contribution in [-0.4, -0.2) is 44.8 Å². The lowest BCUT2D eigenvalue weighted by Gasteiger charge is -2.17. The van der Waals surface area contributed by atoms with E-state index in [-0.39, 0.29) is 17.7 Å². The minimum atomic E-state index is -0.261. The van der Waals surface area contributed by atoms with Gasteiger partial charge < -0.3 is 10.2 Å². The molecular formula is C25H29N5O2. The third-order valence-corrected chi connectivity index (χ3v) is 6.00. The fraction of sp³-hybridized carbons (Fsp3) is 0.360. The summed E-state index contributed by atoms with van der Waals surface area (Å²) in [6.07, 6.45) is 1.41. The predicted octanol–water partition coefficient (Wildman–Crippen LogP) is 3.23. The lowest BCUT2D eigenvalue weighted by molar-refractivity contribution is -0.128. The zero-order valence-electron chi connectivity index (χ0n) is 18.8. The molecule has 7 heteroatoms. The average Bonchev–Trinajstić information content (AvgIpc) is 3.34. The maximum Gasteiger partial charge on any atom is 0.273 e. The largest absolute Gasteiger partial charge is 0.350 e. The number of rotatable bonds is 7. The quantitative estimate of drug-likeness (QED) is 0.623. The molecule has 0 spiro atoms. The normalized spacial score (nSPS) is 15.9. The molecule has 1 aromatic heterocycles. The van der Waals surface area contributed by atoms with Gasteiger partial charge in [0.05, 0.1) is 11.4 Å². The maximum absolute atomic E-state index is 12.7. The molecule has 2 aromatic carbocycles. The smallest absolute Gasteiger partial charge is 0.273 e. The minimum absolute atomic E-state index is 0.0909. The van der Waals surface area contributed by atoms with Crippen molar-refractivity contribution >= 4 is 11.8 Å². The van der Waals surface area contributed by atoms with Crippen LogP contribution in [0.25, 0.3) is 5.69 Å². The molecule has 1 aliphatic rings. The van der Waals surface area contributed by atoms with Crippen LogP contribution in [-0.2, 0) is 17.8 Å². The lowest BCUT2D eigenvalue weighted by atomic mass is 10.1. The fourth-order valence-corrected chi connectivity index (χ4v) is 4.15. The molecule has 0 saturated carbocycles. The van der Waals surface area contributed by atoms with Crippen molar-refractivity contribution in [3.05, 3.63) is 76.6 Å². The first-order valence-corrected chi connectivity index (χ1v) is 11.1. The molecule has 1 fully saturated rings. The first-order valence-electron chi connectivity index (χ1n) is 11.1. The summed E-state index contributed by atoms with van der Waals surface area (Å²) in [6.45, 7) is 7.68. The molecule has 7 nitrogen and oxygen atoms in total. The van der Waals surface area contributed by atoms with Gasteiger partial charge in [0.2, 0.25) is 5.91 Å². The predicted molar refractivity (Wildman–Crippen MR) is 123 cm³/mol. The van der Waals surface area contributed by atoms with E-state index in [9.17, 15) is 9.59 Å². The number of carbonyl (C=O) groups is 2. The van der Waals surface area contributed by atoms with Gasteiger partial charge in [-0.2, -0.15) is 0 Å². The summed E-state index contributed by atoms with van der Waals surface area (Å²) >= 11 is 0. The van der Waals surface area contributed by atoms with Crippen molar-refractivity contribution in [2.75, 3.05) is 13.1 Å². The fourth-order valence-electron chi connectivity index (χ4n) is 4.15. The molecule has 32 heavy (non-hydrogen) atoms. The highest BCUT2D eigenvalue weighted by Crippen LogP contribution is 2.20. The molecule has 0 radical (unpaired) electrons. The molecule has 4 rings (SSSR count). The SMILES string of the molecule is CCc1ccc(-n2nnc(C(=O)NCC3CC(=O)N(Cc4cccc(C)c4)C3)c2C)cc1. The van der Waals surface area contributed by atoms with Crippen molar-refractivity contribution in [2.45, 2.75) is 40.2 Å². The summed E-state index contributed by atoms with van der Waals surface area (Å²) in [5.41, 5.74) is 5.43. The number of nitrogens with zero attached hydrogens (tertiary/aromatic N) is 4. The number of hydrogen-bond donors (Lipinski definition) is 1. The van der Waals surface area contributed by atoms with Gasteiger partial charge in [0.1, 0.15) is 0 Å².